The number of amides is 1. The summed E-state index contributed by atoms with van der Waals surface area (Å²) in [6, 6.07) is 4.62. The van der Waals surface area contributed by atoms with Crippen LogP contribution in [0.25, 0.3) is 0 Å². The Morgan fingerprint density at radius 3 is 2.58 bits per heavy atom. The van der Waals surface area contributed by atoms with Gasteiger partial charge in [0.25, 0.3) is 5.91 Å². The van der Waals surface area contributed by atoms with Crippen LogP contribution in [-0.2, 0) is 0 Å². The van der Waals surface area contributed by atoms with Crippen molar-refractivity contribution in [3.8, 4) is 0 Å². The molecule has 1 aromatic rings. The highest BCUT2D eigenvalue weighted by atomic mass is 79.9. The van der Waals surface area contributed by atoms with Gasteiger partial charge in [0.1, 0.15) is 0 Å². The van der Waals surface area contributed by atoms with E-state index in [9.17, 15) is 9.59 Å². The minimum Gasteiger partial charge on any atom is -0.478 e. The predicted octanol–water partition coefficient (Wildman–Crippen LogP) is 2.99. The molecule has 0 fully saturated rings. The fourth-order valence-corrected chi connectivity index (χ4v) is 2.53. The second kappa shape index (κ2) is 6.02. The van der Waals surface area contributed by atoms with Gasteiger partial charge >= 0.3 is 5.97 Å². The van der Waals surface area contributed by atoms with E-state index >= 15 is 0 Å². The third-order valence-electron chi connectivity index (χ3n) is 3.01. The van der Waals surface area contributed by atoms with E-state index < -0.39 is 5.97 Å². The van der Waals surface area contributed by atoms with Gasteiger partial charge in [0.15, 0.2) is 0 Å². The number of carboxylic acid groups (broad SMARTS) is 1. The van der Waals surface area contributed by atoms with Crippen LogP contribution in [0.2, 0.25) is 0 Å². The second-order valence-corrected chi connectivity index (χ2v) is 5.40. The standard InChI is InChI=1S/C14H14BrNO3/c15-11-7-9(6-10(8-11)14(18)19)13(17)16-12-4-2-1-3-5-12/h1-2,6-8,12H,3-5H2,(H,16,17)(H,18,19). The molecule has 0 bridgehead atoms. The van der Waals surface area contributed by atoms with Crippen molar-refractivity contribution in [2.75, 3.05) is 0 Å². The zero-order valence-electron chi connectivity index (χ0n) is 10.2. The molecule has 5 heteroatoms. The summed E-state index contributed by atoms with van der Waals surface area (Å²) in [7, 11) is 0. The van der Waals surface area contributed by atoms with Crippen molar-refractivity contribution in [1.29, 1.82) is 0 Å². The van der Waals surface area contributed by atoms with Crippen molar-refractivity contribution in [2.24, 2.45) is 0 Å². The number of halogens is 1. The molecule has 2 N–H and O–H groups in total. The molecule has 1 aliphatic carbocycles. The van der Waals surface area contributed by atoms with Crippen LogP contribution in [0.1, 0.15) is 40.0 Å². The molecule has 1 amide bonds. The summed E-state index contributed by atoms with van der Waals surface area (Å²) >= 11 is 3.22. The lowest BCUT2D eigenvalue weighted by Crippen LogP contribution is -2.35. The zero-order valence-corrected chi connectivity index (χ0v) is 11.8. The van der Waals surface area contributed by atoms with Crippen LogP contribution in [0.5, 0.6) is 0 Å². The molecular formula is C14H14BrNO3. The molecule has 2 rings (SSSR count). The Balaban J connectivity index is 2.14. The third kappa shape index (κ3) is 3.67. The first-order chi connectivity index (χ1) is 9.06. The van der Waals surface area contributed by atoms with Crippen molar-refractivity contribution in [2.45, 2.75) is 25.3 Å². The third-order valence-corrected chi connectivity index (χ3v) is 3.47. The van der Waals surface area contributed by atoms with Crippen LogP contribution >= 0.6 is 15.9 Å². The number of hydrogen-bond donors (Lipinski definition) is 2. The summed E-state index contributed by atoms with van der Waals surface area (Å²) in [5.41, 5.74) is 0.462. The van der Waals surface area contributed by atoms with Gasteiger partial charge in [-0.15, -0.1) is 0 Å². The molecule has 0 aliphatic heterocycles. The Kier molecular flexibility index (Phi) is 4.37. The lowest BCUT2D eigenvalue weighted by Gasteiger charge is -2.19. The first-order valence-corrected chi connectivity index (χ1v) is 6.85. The molecular weight excluding hydrogens is 310 g/mol. The average molecular weight is 324 g/mol. The first-order valence-electron chi connectivity index (χ1n) is 6.06. The van der Waals surface area contributed by atoms with E-state index in [0.29, 0.717) is 10.0 Å². The second-order valence-electron chi connectivity index (χ2n) is 4.49. The molecule has 1 aromatic carbocycles. The maximum Gasteiger partial charge on any atom is 0.335 e. The molecule has 1 atom stereocenters. The number of carboxylic acids is 1. The number of carbonyl (C=O) groups excluding carboxylic acids is 1. The van der Waals surface area contributed by atoms with Crippen LogP contribution in [0.3, 0.4) is 0 Å². The molecule has 0 radical (unpaired) electrons. The number of carbonyl (C=O) groups is 2. The molecule has 100 valence electrons. The summed E-state index contributed by atoms with van der Waals surface area (Å²) in [5.74, 6) is -1.28. The molecule has 19 heavy (non-hydrogen) atoms. The van der Waals surface area contributed by atoms with Crippen molar-refractivity contribution in [1.82, 2.24) is 5.32 Å². The molecule has 0 saturated heterocycles. The van der Waals surface area contributed by atoms with Crippen molar-refractivity contribution >= 4 is 27.8 Å². The highest BCUT2D eigenvalue weighted by Crippen LogP contribution is 2.17. The van der Waals surface area contributed by atoms with Crippen molar-refractivity contribution < 1.29 is 14.7 Å². The minimum absolute atomic E-state index is 0.100. The minimum atomic E-state index is -1.05. The molecule has 0 spiro atoms. The number of hydrogen-bond acceptors (Lipinski definition) is 2. The fourth-order valence-electron chi connectivity index (χ4n) is 2.04. The summed E-state index contributed by atoms with van der Waals surface area (Å²) in [6.07, 6.45) is 6.86. The highest BCUT2D eigenvalue weighted by molar-refractivity contribution is 9.10. The normalized spacial score (nSPS) is 18.1. The van der Waals surface area contributed by atoms with Crippen molar-refractivity contribution in [3.05, 3.63) is 46.0 Å². The number of aromatic carboxylic acids is 1. The van der Waals surface area contributed by atoms with Gasteiger partial charge in [-0.25, -0.2) is 4.79 Å². The Labute approximate surface area is 119 Å². The monoisotopic (exact) mass is 323 g/mol. The van der Waals surface area contributed by atoms with Gasteiger partial charge in [0, 0.05) is 16.1 Å². The van der Waals surface area contributed by atoms with E-state index in [1.165, 1.54) is 12.1 Å². The van der Waals surface area contributed by atoms with Crippen LogP contribution in [-0.4, -0.2) is 23.0 Å². The maximum atomic E-state index is 12.1. The van der Waals surface area contributed by atoms with Crippen LogP contribution in [0, 0.1) is 0 Å². The van der Waals surface area contributed by atoms with E-state index in [2.05, 4.69) is 33.4 Å². The molecule has 1 unspecified atom stereocenters. The van der Waals surface area contributed by atoms with E-state index in [1.54, 1.807) is 6.07 Å². The predicted molar refractivity (Wildman–Crippen MR) is 75.3 cm³/mol. The van der Waals surface area contributed by atoms with Crippen LogP contribution in [0.4, 0.5) is 0 Å². The first kappa shape index (κ1) is 13.8. The molecule has 0 saturated carbocycles. The molecule has 0 aromatic heterocycles. The highest BCUT2D eigenvalue weighted by Gasteiger charge is 2.16. The van der Waals surface area contributed by atoms with Gasteiger partial charge in [0.2, 0.25) is 0 Å². The van der Waals surface area contributed by atoms with E-state index in [1.807, 2.05) is 0 Å². The summed E-state index contributed by atoms with van der Waals surface area (Å²) in [4.78, 5) is 23.0. The van der Waals surface area contributed by atoms with E-state index in [0.717, 1.165) is 19.3 Å². The van der Waals surface area contributed by atoms with Gasteiger partial charge in [-0.1, -0.05) is 28.1 Å². The van der Waals surface area contributed by atoms with E-state index in [4.69, 9.17) is 5.11 Å². The molecule has 0 heterocycles. The Bertz CT molecular complexity index is 539. The van der Waals surface area contributed by atoms with Gasteiger partial charge < -0.3 is 10.4 Å². The quantitative estimate of drug-likeness (QED) is 0.840. The lowest BCUT2D eigenvalue weighted by molar-refractivity contribution is 0.0697. The van der Waals surface area contributed by atoms with Gasteiger partial charge in [0.05, 0.1) is 5.56 Å². The fraction of sp³-hybridized carbons (Fsp3) is 0.286. The van der Waals surface area contributed by atoms with Gasteiger partial charge in [-0.05, 0) is 37.5 Å². The van der Waals surface area contributed by atoms with Gasteiger partial charge in [-0.2, -0.15) is 0 Å². The largest absolute Gasteiger partial charge is 0.478 e. The molecule has 4 nitrogen and oxygen atoms in total. The Morgan fingerprint density at radius 2 is 1.95 bits per heavy atom. The average Bonchev–Trinajstić information content (AvgIpc) is 2.39. The number of rotatable bonds is 3. The Morgan fingerprint density at radius 1 is 1.21 bits per heavy atom. The van der Waals surface area contributed by atoms with Crippen LogP contribution in [0.15, 0.2) is 34.8 Å². The topological polar surface area (TPSA) is 66.4 Å². The summed E-state index contributed by atoms with van der Waals surface area (Å²) in [6.45, 7) is 0. The number of allylic oxidation sites excluding steroid dienone is 1. The zero-order chi connectivity index (χ0) is 13.8. The molecule has 1 aliphatic rings. The number of benzene rings is 1. The van der Waals surface area contributed by atoms with E-state index in [-0.39, 0.29) is 17.5 Å². The summed E-state index contributed by atoms with van der Waals surface area (Å²) < 4.78 is 0.584. The number of nitrogens with one attached hydrogen (secondary N) is 1. The Hall–Kier alpha value is -1.62. The van der Waals surface area contributed by atoms with Crippen molar-refractivity contribution in [3.63, 3.8) is 0 Å². The lowest BCUT2D eigenvalue weighted by atomic mass is 10.0. The van der Waals surface area contributed by atoms with Gasteiger partial charge in [-0.3, -0.25) is 4.79 Å². The SMILES string of the molecule is O=C(O)c1cc(Br)cc(C(=O)NC2CC=CCC2)c1. The van der Waals surface area contributed by atoms with Crippen LogP contribution < -0.4 is 5.32 Å². The smallest absolute Gasteiger partial charge is 0.335 e. The summed E-state index contributed by atoms with van der Waals surface area (Å²) in [5, 5.41) is 11.9. The maximum absolute atomic E-state index is 12.1.